The molecule has 1 saturated heterocycles. The summed E-state index contributed by atoms with van der Waals surface area (Å²) in [6.45, 7) is 0.802. The summed E-state index contributed by atoms with van der Waals surface area (Å²) in [4.78, 5) is 13.6. The average molecular weight is 284 g/mol. The van der Waals surface area contributed by atoms with E-state index in [-0.39, 0.29) is 16.9 Å². The maximum atomic E-state index is 11.4. The van der Waals surface area contributed by atoms with Gasteiger partial charge in [0.25, 0.3) is 0 Å². The number of hydrogen-bond acceptors (Lipinski definition) is 3. The third-order valence-corrected chi connectivity index (χ3v) is 3.66. The standard InChI is InChI=1S/C12H14ClN3OS/c13-9-6-7(3-4-8(9)12(15)18)16-5-1-2-10(16)11(14)17/h3-4,6,10H,1-2,5H2,(H2,14,17)(H2,15,18). The van der Waals surface area contributed by atoms with Gasteiger partial charge in [-0.05, 0) is 31.0 Å². The first-order chi connectivity index (χ1) is 8.50. The van der Waals surface area contributed by atoms with Crippen molar-refractivity contribution in [3.8, 4) is 0 Å². The van der Waals surface area contributed by atoms with Crippen molar-refractivity contribution in [3.05, 3.63) is 28.8 Å². The van der Waals surface area contributed by atoms with Crippen molar-refractivity contribution in [2.45, 2.75) is 18.9 Å². The summed E-state index contributed by atoms with van der Waals surface area (Å²) < 4.78 is 0. The fourth-order valence-electron chi connectivity index (χ4n) is 2.25. The highest BCUT2D eigenvalue weighted by Crippen LogP contribution is 2.29. The summed E-state index contributed by atoms with van der Waals surface area (Å²) in [6, 6.07) is 5.16. The number of amides is 1. The lowest BCUT2D eigenvalue weighted by atomic mass is 10.1. The van der Waals surface area contributed by atoms with Gasteiger partial charge in [0.05, 0.1) is 5.02 Å². The molecule has 18 heavy (non-hydrogen) atoms. The molecule has 96 valence electrons. The molecule has 4 nitrogen and oxygen atoms in total. The molecule has 0 saturated carbocycles. The predicted octanol–water partition coefficient (Wildman–Crippen LogP) is 1.43. The Morgan fingerprint density at radius 3 is 2.72 bits per heavy atom. The summed E-state index contributed by atoms with van der Waals surface area (Å²) in [7, 11) is 0. The molecule has 2 rings (SSSR count). The minimum absolute atomic E-state index is 0.253. The number of benzene rings is 1. The number of nitrogens with zero attached hydrogens (tertiary/aromatic N) is 1. The molecule has 0 aromatic heterocycles. The van der Waals surface area contributed by atoms with Crippen molar-refractivity contribution in [1.29, 1.82) is 0 Å². The third kappa shape index (κ3) is 2.42. The maximum absolute atomic E-state index is 11.4. The smallest absolute Gasteiger partial charge is 0.240 e. The van der Waals surface area contributed by atoms with E-state index in [1.165, 1.54) is 0 Å². The summed E-state index contributed by atoms with van der Waals surface area (Å²) in [5, 5.41) is 0.495. The Morgan fingerprint density at radius 1 is 1.44 bits per heavy atom. The zero-order chi connectivity index (χ0) is 13.3. The fourth-order valence-corrected chi connectivity index (χ4v) is 2.76. The van der Waals surface area contributed by atoms with Crippen LogP contribution in [0.4, 0.5) is 5.69 Å². The van der Waals surface area contributed by atoms with E-state index in [0.29, 0.717) is 10.6 Å². The lowest BCUT2D eigenvalue weighted by molar-refractivity contribution is -0.119. The average Bonchev–Trinajstić information content (AvgIpc) is 2.77. The summed E-state index contributed by atoms with van der Waals surface area (Å²) >= 11 is 11.0. The lowest BCUT2D eigenvalue weighted by Gasteiger charge is -2.24. The normalized spacial score (nSPS) is 18.9. The van der Waals surface area contributed by atoms with Crippen LogP contribution in [0.2, 0.25) is 5.02 Å². The molecule has 1 fully saturated rings. The third-order valence-electron chi connectivity index (χ3n) is 3.13. The topological polar surface area (TPSA) is 72.4 Å². The van der Waals surface area contributed by atoms with E-state index < -0.39 is 0 Å². The first-order valence-corrected chi connectivity index (χ1v) is 6.44. The summed E-state index contributed by atoms with van der Waals surface area (Å²) in [5.41, 5.74) is 12.5. The van der Waals surface area contributed by atoms with Gasteiger partial charge in [-0.25, -0.2) is 0 Å². The molecule has 1 heterocycles. The highest BCUT2D eigenvalue weighted by molar-refractivity contribution is 7.80. The fraction of sp³-hybridized carbons (Fsp3) is 0.333. The number of carbonyl (C=O) groups is 1. The summed E-state index contributed by atoms with van der Waals surface area (Å²) in [5.74, 6) is -0.304. The van der Waals surface area contributed by atoms with Crippen LogP contribution >= 0.6 is 23.8 Å². The van der Waals surface area contributed by atoms with E-state index in [4.69, 9.17) is 35.3 Å². The van der Waals surface area contributed by atoms with E-state index >= 15 is 0 Å². The van der Waals surface area contributed by atoms with Crippen LogP contribution in [0, 0.1) is 0 Å². The second-order valence-corrected chi connectivity index (χ2v) is 5.13. The number of primary amides is 1. The van der Waals surface area contributed by atoms with Gasteiger partial charge in [-0.15, -0.1) is 0 Å². The van der Waals surface area contributed by atoms with Crippen molar-refractivity contribution in [2.75, 3.05) is 11.4 Å². The Morgan fingerprint density at radius 2 is 2.17 bits per heavy atom. The largest absolute Gasteiger partial charge is 0.389 e. The molecule has 1 unspecified atom stereocenters. The molecule has 1 amide bonds. The van der Waals surface area contributed by atoms with E-state index in [9.17, 15) is 4.79 Å². The zero-order valence-corrected chi connectivity index (χ0v) is 11.3. The van der Waals surface area contributed by atoms with Crippen molar-refractivity contribution < 1.29 is 4.79 Å². The summed E-state index contributed by atoms with van der Waals surface area (Å²) in [6.07, 6.45) is 1.73. The van der Waals surface area contributed by atoms with Gasteiger partial charge >= 0.3 is 0 Å². The Hall–Kier alpha value is -1.33. The van der Waals surface area contributed by atoms with Gasteiger partial charge in [-0.3, -0.25) is 4.79 Å². The number of carbonyl (C=O) groups excluding carboxylic acids is 1. The highest BCUT2D eigenvalue weighted by Gasteiger charge is 2.29. The van der Waals surface area contributed by atoms with Gasteiger partial charge in [-0.2, -0.15) is 0 Å². The van der Waals surface area contributed by atoms with Crippen molar-refractivity contribution in [3.63, 3.8) is 0 Å². The number of thiocarbonyl (C=S) groups is 1. The van der Waals surface area contributed by atoms with E-state index in [1.807, 2.05) is 11.0 Å². The second kappa shape index (κ2) is 5.12. The van der Waals surface area contributed by atoms with Gasteiger partial charge in [0, 0.05) is 17.8 Å². The SMILES string of the molecule is NC(=O)C1CCCN1c1ccc(C(N)=S)c(Cl)c1. The van der Waals surface area contributed by atoms with E-state index in [0.717, 1.165) is 25.1 Å². The van der Waals surface area contributed by atoms with Crippen LogP contribution in [0.1, 0.15) is 18.4 Å². The van der Waals surface area contributed by atoms with Crippen LogP contribution in [0.15, 0.2) is 18.2 Å². The molecular weight excluding hydrogens is 270 g/mol. The maximum Gasteiger partial charge on any atom is 0.240 e. The molecule has 4 N–H and O–H groups in total. The van der Waals surface area contributed by atoms with Crippen molar-refractivity contribution >= 4 is 40.4 Å². The van der Waals surface area contributed by atoms with Crippen LogP contribution in [0.25, 0.3) is 0 Å². The number of hydrogen-bond donors (Lipinski definition) is 2. The molecule has 1 atom stereocenters. The highest BCUT2D eigenvalue weighted by atomic mass is 35.5. The van der Waals surface area contributed by atoms with Gasteiger partial charge in [0.2, 0.25) is 5.91 Å². The Bertz CT molecular complexity index is 506. The molecule has 1 aromatic carbocycles. The van der Waals surface area contributed by atoms with Crippen molar-refractivity contribution in [2.24, 2.45) is 11.5 Å². The molecule has 0 spiro atoms. The van der Waals surface area contributed by atoms with Gasteiger partial charge in [-0.1, -0.05) is 23.8 Å². The number of nitrogens with two attached hydrogens (primary N) is 2. The minimum atomic E-state index is -0.304. The van der Waals surface area contributed by atoms with Crippen LogP contribution < -0.4 is 16.4 Å². The minimum Gasteiger partial charge on any atom is -0.389 e. The molecule has 0 bridgehead atoms. The van der Waals surface area contributed by atoms with Gasteiger partial charge < -0.3 is 16.4 Å². The first kappa shape index (κ1) is 13.1. The van der Waals surface area contributed by atoms with Crippen LogP contribution in [-0.4, -0.2) is 23.5 Å². The van der Waals surface area contributed by atoms with E-state index in [1.54, 1.807) is 12.1 Å². The lowest BCUT2D eigenvalue weighted by Crippen LogP contribution is -2.40. The van der Waals surface area contributed by atoms with E-state index in [2.05, 4.69) is 0 Å². The molecule has 1 aromatic rings. The van der Waals surface area contributed by atoms with Crippen LogP contribution in [0.5, 0.6) is 0 Å². The Kier molecular flexibility index (Phi) is 3.73. The first-order valence-electron chi connectivity index (χ1n) is 5.66. The van der Waals surface area contributed by atoms with Gasteiger partial charge in [0.1, 0.15) is 11.0 Å². The zero-order valence-electron chi connectivity index (χ0n) is 9.73. The van der Waals surface area contributed by atoms with Gasteiger partial charge in [0.15, 0.2) is 0 Å². The predicted molar refractivity (Wildman–Crippen MR) is 76.9 cm³/mol. The van der Waals surface area contributed by atoms with Crippen LogP contribution in [-0.2, 0) is 4.79 Å². The van der Waals surface area contributed by atoms with Crippen molar-refractivity contribution in [1.82, 2.24) is 0 Å². The molecule has 1 aliphatic heterocycles. The number of anilines is 1. The Labute approximate surface area is 116 Å². The Balaban J connectivity index is 2.32. The molecule has 1 aliphatic rings. The van der Waals surface area contributed by atoms with Crippen LogP contribution in [0.3, 0.4) is 0 Å². The number of rotatable bonds is 3. The monoisotopic (exact) mass is 283 g/mol. The second-order valence-electron chi connectivity index (χ2n) is 4.28. The molecule has 6 heteroatoms. The number of halogens is 1. The molecular formula is C12H14ClN3OS. The molecule has 0 aliphatic carbocycles. The molecule has 0 radical (unpaired) electrons. The quantitative estimate of drug-likeness (QED) is 0.823.